The number of hydrogen-bond donors (Lipinski definition) is 3. The van der Waals surface area contributed by atoms with Gasteiger partial charge in [0.05, 0.1) is 17.5 Å². The van der Waals surface area contributed by atoms with Gasteiger partial charge in [0.25, 0.3) is 0 Å². The maximum absolute atomic E-state index is 14.0. The molecule has 0 spiro atoms. The van der Waals surface area contributed by atoms with Crippen LogP contribution < -0.4 is 25.4 Å². The van der Waals surface area contributed by atoms with Crippen LogP contribution >= 0.6 is 0 Å². The number of likely N-dealkylation sites (N-methyl/N-ethyl adjacent to an activating group) is 1. The number of ether oxygens (including phenoxy) is 2. The fourth-order valence-corrected chi connectivity index (χ4v) is 6.44. The number of fused-ring (bicyclic) bond motifs is 4. The van der Waals surface area contributed by atoms with Crippen LogP contribution in [0.1, 0.15) is 41.5 Å². The van der Waals surface area contributed by atoms with Crippen LogP contribution in [0.5, 0.6) is 17.2 Å². The highest BCUT2D eigenvalue weighted by Gasteiger charge is 2.59. The fourth-order valence-electron chi connectivity index (χ4n) is 6.44. The Morgan fingerprint density at radius 2 is 1.89 bits per heavy atom. The third-order valence-corrected chi connectivity index (χ3v) is 8.93. The van der Waals surface area contributed by atoms with Crippen molar-refractivity contribution in [2.45, 2.75) is 50.6 Å². The largest absolute Gasteiger partial charge is 0.487 e. The van der Waals surface area contributed by atoms with E-state index in [1.165, 1.54) is 12.1 Å². The van der Waals surface area contributed by atoms with Gasteiger partial charge in [0.15, 0.2) is 0 Å². The Morgan fingerprint density at radius 3 is 2.67 bits per heavy atom. The van der Waals surface area contributed by atoms with Gasteiger partial charge in [-0.25, -0.2) is 9.78 Å². The number of piperazine rings is 1. The van der Waals surface area contributed by atoms with Crippen molar-refractivity contribution in [3.8, 4) is 17.2 Å². The zero-order chi connectivity index (χ0) is 31.3. The number of carbonyl (C=O) groups excluding carboxylic acids is 2. The van der Waals surface area contributed by atoms with Crippen molar-refractivity contribution in [3.05, 3.63) is 70.9 Å². The van der Waals surface area contributed by atoms with Crippen molar-refractivity contribution in [1.82, 2.24) is 20.1 Å². The monoisotopic (exact) mass is 622 g/mol. The van der Waals surface area contributed by atoms with E-state index in [4.69, 9.17) is 9.47 Å². The number of pyridine rings is 1. The first-order valence-corrected chi connectivity index (χ1v) is 15.1. The van der Waals surface area contributed by atoms with Crippen molar-refractivity contribution < 1.29 is 32.2 Å². The molecule has 2 aromatic carbocycles. The molecule has 3 N–H and O–H groups in total. The molecule has 1 aliphatic carbocycles. The van der Waals surface area contributed by atoms with Crippen molar-refractivity contribution in [3.63, 3.8) is 0 Å². The minimum atomic E-state index is -4.55. The minimum Gasteiger partial charge on any atom is -0.487 e. The van der Waals surface area contributed by atoms with E-state index in [9.17, 15) is 22.8 Å². The molecule has 10 nitrogen and oxygen atoms in total. The average Bonchev–Trinajstić information content (AvgIpc) is 3.53. The second kappa shape index (κ2) is 11.5. The Hall–Kier alpha value is -4.36. The molecular formula is C32H33F3N6O4. The smallest absolute Gasteiger partial charge is 0.416 e. The van der Waals surface area contributed by atoms with Crippen LogP contribution in [0.2, 0.25) is 0 Å². The molecule has 3 atom stereocenters. The first-order chi connectivity index (χ1) is 21.7. The van der Waals surface area contributed by atoms with E-state index < -0.39 is 17.8 Å². The van der Waals surface area contributed by atoms with Crippen LogP contribution in [0.4, 0.5) is 29.5 Å². The Balaban J connectivity index is 0.989. The lowest BCUT2D eigenvalue weighted by Crippen LogP contribution is -2.45. The van der Waals surface area contributed by atoms with Crippen LogP contribution in [0.25, 0.3) is 0 Å². The number of benzene rings is 2. The summed E-state index contributed by atoms with van der Waals surface area (Å²) >= 11 is 0. The number of urea groups is 1. The van der Waals surface area contributed by atoms with E-state index in [1.807, 2.05) is 17.0 Å². The maximum atomic E-state index is 14.0. The van der Waals surface area contributed by atoms with Gasteiger partial charge in [0, 0.05) is 62.2 Å². The maximum Gasteiger partial charge on any atom is 0.416 e. The number of amides is 3. The lowest BCUT2D eigenvalue weighted by Gasteiger charge is -2.34. The number of alkyl halides is 3. The zero-order valence-electron chi connectivity index (χ0n) is 24.6. The fraction of sp³-hybridized carbons (Fsp3) is 0.406. The first kappa shape index (κ1) is 29.4. The molecule has 13 heteroatoms. The second-order valence-electron chi connectivity index (χ2n) is 11.8. The number of aromatic nitrogens is 1. The third kappa shape index (κ3) is 6.01. The quantitative estimate of drug-likeness (QED) is 0.342. The van der Waals surface area contributed by atoms with E-state index in [2.05, 4.69) is 32.8 Å². The number of hydrogen-bond acceptors (Lipinski definition) is 7. The molecule has 1 saturated carbocycles. The molecule has 0 bridgehead atoms. The Bertz CT molecular complexity index is 1640. The van der Waals surface area contributed by atoms with Crippen molar-refractivity contribution >= 4 is 23.4 Å². The van der Waals surface area contributed by atoms with Gasteiger partial charge >= 0.3 is 12.2 Å². The van der Waals surface area contributed by atoms with Crippen LogP contribution in [0.3, 0.4) is 0 Å². The summed E-state index contributed by atoms with van der Waals surface area (Å²) < 4.78 is 54.2. The summed E-state index contributed by atoms with van der Waals surface area (Å²) in [6.07, 6.45) is -2.38. The summed E-state index contributed by atoms with van der Waals surface area (Å²) in [5.41, 5.74) is 1.21. The molecule has 4 aliphatic rings. The molecule has 7 rings (SSSR count). The van der Waals surface area contributed by atoms with Gasteiger partial charge in [-0.3, -0.25) is 9.69 Å². The average molecular weight is 623 g/mol. The Morgan fingerprint density at radius 1 is 1.09 bits per heavy atom. The van der Waals surface area contributed by atoms with Gasteiger partial charge in [0.1, 0.15) is 29.2 Å². The highest BCUT2D eigenvalue weighted by atomic mass is 19.4. The number of carbonyl (C=O) groups is 2. The molecule has 3 amide bonds. The molecule has 3 aliphatic heterocycles. The van der Waals surface area contributed by atoms with E-state index in [1.54, 1.807) is 18.3 Å². The third-order valence-electron chi connectivity index (χ3n) is 8.93. The minimum absolute atomic E-state index is 0.0686. The summed E-state index contributed by atoms with van der Waals surface area (Å²) in [6, 6.07) is 10.2. The summed E-state index contributed by atoms with van der Waals surface area (Å²) in [5, 5.41) is 8.18. The number of anilines is 2. The Kier molecular flexibility index (Phi) is 7.52. The molecule has 0 unspecified atom stereocenters. The van der Waals surface area contributed by atoms with Gasteiger partial charge in [-0.05, 0) is 54.9 Å². The lowest BCUT2D eigenvalue weighted by molar-refractivity contribution is -0.138. The highest BCUT2D eigenvalue weighted by molar-refractivity contribution is 5.93. The van der Waals surface area contributed by atoms with Crippen LogP contribution in [0, 0.1) is 0 Å². The van der Waals surface area contributed by atoms with E-state index in [0.717, 1.165) is 36.8 Å². The van der Waals surface area contributed by atoms with E-state index in [0.29, 0.717) is 49.0 Å². The molecule has 1 saturated heterocycles. The number of rotatable bonds is 7. The predicted molar refractivity (Wildman–Crippen MR) is 160 cm³/mol. The van der Waals surface area contributed by atoms with Crippen LogP contribution in [-0.2, 0) is 23.9 Å². The van der Waals surface area contributed by atoms with Crippen molar-refractivity contribution in [2.75, 3.05) is 43.4 Å². The molecule has 4 heterocycles. The van der Waals surface area contributed by atoms with Gasteiger partial charge in [-0.15, -0.1) is 0 Å². The molecule has 0 radical (unpaired) electrons. The Labute approximate surface area is 257 Å². The number of nitrogens with zero attached hydrogens (tertiary/aromatic N) is 3. The molecule has 45 heavy (non-hydrogen) atoms. The van der Waals surface area contributed by atoms with Crippen LogP contribution in [0.15, 0.2) is 48.7 Å². The summed E-state index contributed by atoms with van der Waals surface area (Å²) in [4.78, 5) is 33.1. The second-order valence-corrected chi connectivity index (χ2v) is 11.8. The summed E-state index contributed by atoms with van der Waals surface area (Å²) in [7, 11) is 0. The number of halogens is 3. The number of nitrogens with one attached hydrogen (secondary N) is 3. The summed E-state index contributed by atoms with van der Waals surface area (Å²) in [5.74, 6) is 2.17. The topological polar surface area (TPSA) is 108 Å². The lowest BCUT2D eigenvalue weighted by atomic mass is 10.0. The van der Waals surface area contributed by atoms with E-state index in [-0.39, 0.29) is 41.8 Å². The van der Waals surface area contributed by atoms with Gasteiger partial charge in [-0.1, -0.05) is 13.0 Å². The van der Waals surface area contributed by atoms with Gasteiger partial charge in [-0.2, -0.15) is 13.2 Å². The highest BCUT2D eigenvalue weighted by Crippen LogP contribution is 2.54. The van der Waals surface area contributed by atoms with Gasteiger partial charge < -0.3 is 30.3 Å². The van der Waals surface area contributed by atoms with Crippen molar-refractivity contribution in [1.29, 1.82) is 0 Å². The predicted octanol–water partition coefficient (Wildman–Crippen LogP) is 4.96. The van der Waals surface area contributed by atoms with E-state index >= 15 is 0 Å². The standard InChI is InChI=1S/C32H33F3N6O4/c1-2-40-11-13-41(14-12-40)17-18-3-4-19(15-23(18)32(33,34)35)37-31(43)39-28-27-22-16-20(5-7-24(22)45-29(27)28)44-25-9-10-36-30-21(25)6-8-26(42)38-30/h3-5,7,9-10,15-16,27-29H,2,6,8,11-14,17H2,1H3,(H,36,38,42)(H2,37,39,43)/t27-,28+,29-/m0/s1. The zero-order valence-corrected chi connectivity index (χ0v) is 24.6. The molecule has 1 aromatic heterocycles. The summed E-state index contributed by atoms with van der Waals surface area (Å²) in [6.45, 7) is 6.28. The van der Waals surface area contributed by atoms with Crippen molar-refractivity contribution in [2.24, 2.45) is 0 Å². The SMILES string of the molecule is CCN1CCN(Cc2ccc(NC(=O)N[C@H]3[C@H]4Oc5ccc(Oc6ccnc7c6CCC(=O)N7)cc5[C@@H]34)cc2C(F)(F)F)CC1. The van der Waals surface area contributed by atoms with Gasteiger partial charge in [0.2, 0.25) is 5.91 Å². The first-order valence-electron chi connectivity index (χ1n) is 15.1. The molecule has 3 aromatic rings. The van der Waals surface area contributed by atoms with Crippen LogP contribution in [-0.4, -0.2) is 71.6 Å². The molecular weight excluding hydrogens is 589 g/mol. The normalized spacial score (nSPS) is 22.4. The molecule has 236 valence electrons. The molecule has 2 fully saturated rings.